The number of hydrogen-bond acceptors (Lipinski definition) is 3. The first-order chi connectivity index (χ1) is 13.4. The van der Waals surface area contributed by atoms with E-state index in [9.17, 15) is 4.79 Å². The predicted octanol–water partition coefficient (Wildman–Crippen LogP) is 4.28. The summed E-state index contributed by atoms with van der Waals surface area (Å²) >= 11 is 0. The topological polar surface area (TPSA) is 26.8 Å². The normalized spacial score (nSPS) is 23.4. The van der Waals surface area contributed by atoms with Gasteiger partial charge >= 0.3 is 0 Å². The summed E-state index contributed by atoms with van der Waals surface area (Å²) in [6.07, 6.45) is 0. The molecule has 1 amide bonds. The van der Waals surface area contributed by atoms with Gasteiger partial charge in [0.25, 0.3) is 5.91 Å². The van der Waals surface area contributed by atoms with Gasteiger partial charge in [-0.25, -0.2) is 0 Å². The van der Waals surface area contributed by atoms with Crippen molar-refractivity contribution < 1.29 is 4.79 Å². The third-order valence-corrected chi connectivity index (χ3v) is 6.49. The maximum atomic E-state index is 12.1. The fraction of sp³-hybridized carbons (Fsp3) is 0.458. The van der Waals surface area contributed by atoms with Crippen LogP contribution in [0.5, 0.6) is 0 Å². The van der Waals surface area contributed by atoms with Crippen molar-refractivity contribution in [2.45, 2.75) is 19.5 Å². The molecule has 3 atom stereocenters. The number of aryl methyl sites for hydroxylation is 1. The van der Waals surface area contributed by atoms with E-state index in [1.165, 1.54) is 23.2 Å². The van der Waals surface area contributed by atoms with E-state index in [1.807, 2.05) is 12.1 Å². The summed E-state index contributed by atoms with van der Waals surface area (Å²) in [7, 11) is 5.86. The molecule has 0 N–H and O–H groups in total. The van der Waals surface area contributed by atoms with Gasteiger partial charge in [0, 0.05) is 51.9 Å². The number of carbonyl (C=O) groups excluding carboxylic acids is 1. The molecule has 0 aliphatic carbocycles. The number of hydrogen-bond donors (Lipinski definition) is 0. The van der Waals surface area contributed by atoms with Gasteiger partial charge in [-0.15, -0.1) is 24.8 Å². The smallest absolute Gasteiger partial charge is 0.253 e. The Balaban J connectivity index is 0.00000160. The molecule has 0 aromatic heterocycles. The lowest BCUT2D eigenvalue weighted by Crippen LogP contribution is -2.29. The highest BCUT2D eigenvalue weighted by molar-refractivity contribution is 5.93. The third-order valence-electron chi connectivity index (χ3n) is 6.49. The van der Waals surface area contributed by atoms with Crippen LogP contribution in [0.25, 0.3) is 0 Å². The van der Waals surface area contributed by atoms with Crippen LogP contribution >= 0.6 is 24.8 Å². The molecule has 0 radical (unpaired) electrons. The first-order valence-corrected chi connectivity index (χ1v) is 10.2. The number of fused-ring (bicyclic) bond motifs is 1. The lowest BCUT2D eigenvalue weighted by atomic mass is 9.88. The SMILES string of the molecule is Cc1ccccc1[C@@H]1[C@@H]2CN(Cc3ccc(C(=O)N(C)C)cc3)C[C@@H]2CN1C.Cl.Cl. The van der Waals surface area contributed by atoms with Crippen molar-refractivity contribution in [3.05, 3.63) is 70.8 Å². The van der Waals surface area contributed by atoms with Crippen molar-refractivity contribution in [3.8, 4) is 0 Å². The first-order valence-electron chi connectivity index (χ1n) is 10.2. The highest BCUT2D eigenvalue weighted by atomic mass is 35.5. The van der Waals surface area contributed by atoms with E-state index in [1.54, 1.807) is 19.0 Å². The van der Waals surface area contributed by atoms with E-state index < -0.39 is 0 Å². The highest BCUT2D eigenvalue weighted by Gasteiger charge is 2.46. The van der Waals surface area contributed by atoms with Crippen LogP contribution in [0.2, 0.25) is 0 Å². The maximum absolute atomic E-state index is 12.1. The summed E-state index contributed by atoms with van der Waals surface area (Å²) in [5.74, 6) is 1.50. The Labute approximate surface area is 193 Å². The fourth-order valence-corrected chi connectivity index (χ4v) is 5.13. The van der Waals surface area contributed by atoms with Crippen molar-refractivity contribution in [2.75, 3.05) is 40.8 Å². The largest absolute Gasteiger partial charge is 0.345 e. The summed E-state index contributed by atoms with van der Waals surface area (Å²) < 4.78 is 0. The Morgan fingerprint density at radius 2 is 1.67 bits per heavy atom. The Morgan fingerprint density at radius 3 is 2.30 bits per heavy atom. The third kappa shape index (κ3) is 4.83. The molecule has 4 rings (SSSR count). The molecule has 6 heteroatoms. The minimum atomic E-state index is 0. The minimum absolute atomic E-state index is 0. The van der Waals surface area contributed by atoms with Gasteiger partial charge in [-0.1, -0.05) is 36.4 Å². The summed E-state index contributed by atoms with van der Waals surface area (Å²) in [6, 6.07) is 17.5. The molecule has 2 saturated heterocycles. The number of likely N-dealkylation sites (tertiary alicyclic amines) is 2. The number of halogens is 2. The van der Waals surface area contributed by atoms with E-state index in [4.69, 9.17) is 0 Å². The molecule has 2 heterocycles. The molecule has 0 spiro atoms. The molecule has 4 nitrogen and oxygen atoms in total. The predicted molar refractivity (Wildman–Crippen MR) is 128 cm³/mol. The first kappa shape index (κ1) is 24.7. The van der Waals surface area contributed by atoms with E-state index in [2.05, 4.69) is 60.2 Å². The molecule has 2 aromatic rings. The molecule has 2 aliphatic rings. The minimum Gasteiger partial charge on any atom is -0.345 e. The number of amides is 1. The van der Waals surface area contributed by atoms with Crippen molar-refractivity contribution in [1.29, 1.82) is 0 Å². The number of benzene rings is 2. The summed E-state index contributed by atoms with van der Waals surface area (Å²) in [5, 5.41) is 0. The van der Waals surface area contributed by atoms with Gasteiger partial charge in [0.1, 0.15) is 0 Å². The lowest BCUT2D eigenvalue weighted by molar-refractivity contribution is 0.0827. The summed E-state index contributed by atoms with van der Waals surface area (Å²) in [6.45, 7) is 6.69. The molecule has 30 heavy (non-hydrogen) atoms. The van der Waals surface area contributed by atoms with Crippen LogP contribution in [-0.4, -0.2) is 61.4 Å². The summed E-state index contributed by atoms with van der Waals surface area (Å²) in [4.78, 5) is 18.8. The fourth-order valence-electron chi connectivity index (χ4n) is 5.13. The van der Waals surface area contributed by atoms with Crippen molar-refractivity contribution in [3.63, 3.8) is 0 Å². The highest BCUT2D eigenvalue weighted by Crippen LogP contribution is 2.45. The number of rotatable bonds is 4. The van der Waals surface area contributed by atoms with Crippen LogP contribution < -0.4 is 0 Å². The second kappa shape index (κ2) is 10.1. The van der Waals surface area contributed by atoms with Gasteiger partial charge < -0.3 is 4.90 Å². The van der Waals surface area contributed by atoms with E-state index in [0.717, 1.165) is 31.1 Å². The molecular weight excluding hydrogens is 417 g/mol. The Kier molecular flexibility index (Phi) is 8.35. The number of nitrogens with zero attached hydrogens (tertiary/aromatic N) is 3. The quantitative estimate of drug-likeness (QED) is 0.696. The van der Waals surface area contributed by atoms with Crippen LogP contribution in [0.3, 0.4) is 0 Å². The molecule has 0 saturated carbocycles. The zero-order valence-electron chi connectivity index (χ0n) is 18.2. The second-order valence-corrected chi connectivity index (χ2v) is 8.76. The van der Waals surface area contributed by atoms with Crippen molar-refractivity contribution in [1.82, 2.24) is 14.7 Å². The molecule has 0 bridgehead atoms. The van der Waals surface area contributed by atoms with Gasteiger partial charge in [0.15, 0.2) is 0 Å². The average Bonchev–Trinajstić information content (AvgIpc) is 3.18. The second-order valence-electron chi connectivity index (χ2n) is 8.76. The van der Waals surface area contributed by atoms with Gasteiger partial charge in [-0.3, -0.25) is 14.6 Å². The van der Waals surface area contributed by atoms with Gasteiger partial charge in [-0.05, 0) is 54.6 Å². The Hall–Kier alpha value is -1.59. The maximum Gasteiger partial charge on any atom is 0.253 e. The molecule has 2 fully saturated rings. The van der Waals surface area contributed by atoms with Crippen molar-refractivity contribution in [2.24, 2.45) is 11.8 Å². The summed E-state index contributed by atoms with van der Waals surface area (Å²) in [5.41, 5.74) is 4.94. The van der Waals surface area contributed by atoms with Gasteiger partial charge in [0.2, 0.25) is 0 Å². The van der Waals surface area contributed by atoms with E-state index >= 15 is 0 Å². The zero-order chi connectivity index (χ0) is 19.8. The van der Waals surface area contributed by atoms with Crippen LogP contribution in [0.4, 0.5) is 0 Å². The van der Waals surface area contributed by atoms with E-state index in [0.29, 0.717) is 12.0 Å². The molecule has 2 aliphatic heterocycles. The zero-order valence-corrected chi connectivity index (χ0v) is 19.9. The average molecular weight is 450 g/mol. The van der Waals surface area contributed by atoms with Crippen molar-refractivity contribution >= 4 is 30.7 Å². The Morgan fingerprint density at radius 1 is 1.00 bits per heavy atom. The molecule has 164 valence electrons. The molecule has 2 aromatic carbocycles. The standard InChI is InChI=1S/C24H31N3O.2ClH/c1-17-7-5-6-8-21(17)23-22-16-27(15-20(22)14-26(23)4)13-18-9-11-19(12-10-18)24(28)25(2)3;;/h5-12,20,22-23H,13-16H2,1-4H3;2*1H/t20-,22+,23+;;/m0../s1. The van der Waals surface area contributed by atoms with Gasteiger partial charge in [-0.2, -0.15) is 0 Å². The Bertz CT molecular complexity index is 856. The van der Waals surface area contributed by atoms with Gasteiger partial charge in [0.05, 0.1) is 0 Å². The van der Waals surface area contributed by atoms with Crippen LogP contribution in [0.1, 0.15) is 33.1 Å². The lowest BCUT2D eigenvalue weighted by Gasteiger charge is -2.28. The molecule has 0 unspecified atom stereocenters. The van der Waals surface area contributed by atoms with E-state index in [-0.39, 0.29) is 30.7 Å². The van der Waals surface area contributed by atoms with Crippen LogP contribution in [0.15, 0.2) is 48.5 Å². The monoisotopic (exact) mass is 449 g/mol. The van der Waals surface area contributed by atoms with Crippen LogP contribution in [0, 0.1) is 18.8 Å². The van der Waals surface area contributed by atoms with Crippen LogP contribution in [-0.2, 0) is 6.54 Å². The number of carbonyl (C=O) groups is 1. The molecular formula is C24H33Cl2N3O.